The van der Waals surface area contributed by atoms with Gasteiger partial charge in [0.15, 0.2) is 0 Å². The second kappa shape index (κ2) is 9.67. The standard InChI is InChI=1S/C26H31Br2N2/c1-6-30(5,7-2)18-26-19(3)16-25(17-20(26)4)29(23-12-8-21(27)9-13-23)24-14-10-22(28)11-15-24/h8-17H,6-7,18H2,1-5H3/q+1. The number of hydrogen-bond donors (Lipinski definition) is 0. The van der Waals surface area contributed by atoms with Gasteiger partial charge >= 0.3 is 0 Å². The monoisotopic (exact) mass is 529 g/mol. The Bertz CT molecular complexity index is 922. The summed E-state index contributed by atoms with van der Waals surface area (Å²) < 4.78 is 3.23. The van der Waals surface area contributed by atoms with Crippen molar-refractivity contribution in [2.24, 2.45) is 0 Å². The Morgan fingerprint density at radius 2 is 1.10 bits per heavy atom. The molecule has 0 amide bonds. The molecule has 0 atom stereocenters. The molecular weight excluding hydrogens is 500 g/mol. The number of quaternary nitrogens is 1. The van der Waals surface area contributed by atoms with Crippen LogP contribution in [0.2, 0.25) is 0 Å². The number of benzene rings is 3. The topological polar surface area (TPSA) is 3.24 Å². The van der Waals surface area contributed by atoms with Crippen LogP contribution in [-0.2, 0) is 6.54 Å². The maximum Gasteiger partial charge on any atom is 0.105 e. The van der Waals surface area contributed by atoms with E-state index in [1.54, 1.807) is 0 Å². The van der Waals surface area contributed by atoms with E-state index in [0.29, 0.717) is 0 Å². The Morgan fingerprint density at radius 3 is 1.47 bits per heavy atom. The SMILES string of the molecule is CC[N+](C)(CC)Cc1c(C)cc(N(c2ccc(Br)cc2)c2ccc(Br)cc2)cc1C. The predicted octanol–water partition coefficient (Wildman–Crippen LogP) is 8.28. The predicted molar refractivity (Wildman–Crippen MR) is 137 cm³/mol. The molecule has 4 heteroatoms. The van der Waals surface area contributed by atoms with Gasteiger partial charge < -0.3 is 9.38 Å². The van der Waals surface area contributed by atoms with Crippen molar-refractivity contribution in [1.29, 1.82) is 0 Å². The molecule has 2 nitrogen and oxygen atoms in total. The molecule has 0 aliphatic heterocycles. The average Bonchev–Trinajstić information content (AvgIpc) is 2.73. The third-order valence-electron chi connectivity index (χ3n) is 6.18. The Hall–Kier alpha value is -1.62. The summed E-state index contributed by atoms with van der Waals surface area (Å²) in [7, 11) is 2.35. The lowest BCUT2D eigenvalue weighted by molar-refractivity contribution is -0.919. The van der Waals surface area contributed by atoms with Crippen LogP contribution in [0.1, 0.15) is 30.5 Å². The lowest BCUT2D eigenvalue weighted by atomic mass is 9.99. The highest BCUT2D eigenvalue weighted by Gasteiger charge is 2.21. The molecule has 0 saturated heterocycles. The van der Waals surface area contributed by atoms with E-state index in [-0.39, 0.29) is 0 Å². The zero-order chi connectivity index (χ0) is 21.9. The molecule has 0 spiro atoms. The van der Waals surface area contributed by atoms with E-state index >= 15 is 0 Å². The molecule has 0 radical (unpaired) electrons. The van der Waals surface area contributed by atoms with Crippen molar-refractivity contribution in [2.45, 2.75) is 34.2 Å². The lowest BCUT2D eigenvalue weighted by Crippen LogP contribution is -2.43. The van der Waals surface area contributed by atoms with Crippen LogP contribution in [0.4, 0.5) is 17.1 Å². The number of aryl methyl sites for hydroxylation is 2. The molecule has 30 heavy (non-hydrogen) atoms. The molecule has 0 N–H and O–H groups in total. The first kappa shape index (κ1) is 23.1. The van der Waals surface area contributed by atoms with Crippen LogP contribution in [0.15, 0.2) is 69.6 Å². The number of nitrogens with zero attached hydrogens (tertiary/aromatic N) is 2. The molecule has 0 unspecified atom stereocenters. The molecule has 0 bridgehead atoms. The van der Waals surface area contributed by atoms with Crippen molar-refractivity contribution in [3.8, 4) is 0 Å². The fourth-order valence-corrected chi connectivity index (χ4v) is 4.33. The summed E-state index contributed by atoms with van der Waals surface area (Å²) in [6, 6.07) is 21.7. The van der Waals surface area contributed by atoms with Gasteiger partial charge in [-0.05, 0) is 99.5 Å². The van der Waals surface area contributed by atoms with E-state index in [1.165, 1.54) is 22.4 Å². The van der Waals surface area contributed by atoms with Crippen molar-refractivity contribution in [1.82, 2.24) is 0 Å². The van der Waals surface area contributed by atoms with Gasteiger partial charge in [-0.1, -0.05) is 31.9 Å². The smallest absolute Gasteiger partial charge is 0.105 e. The summed E-state index contributed by atoms with van der Waals surface area (Å²) in [5, 5.41) is 0. The van der Waals surface area contributed by atoms with Crippen LogP contribution in [0.5, 0.6) is 0 Å². The first-order valence-corrected chi connectivity index (χ1v) is 12.1. The van der Waals surface area contributed by atoms with E-state index in [2.05, 4.69) is 132 Å². The van der Waals surface area contributed by atoms with Gasteiger partial charge in [-0.2, -0.15) is 0 Å². The molecule has 158 valence electrons. The van der Waals surface area contributed by atoms with E-state index < -0.39 is 0 Å². The summed E-state index contributed by atoms with van der Waals surface area (Å²) in [4.78, 5) is 2.33. The van der Waals surface area contributed by atoms with Crippen LogP contribution in [0.3, 0.4) is 0 Å². The quantitative estimate of drug-likeness (QED) is 0.278. The average molecular weight is 531 g/mol. The van der Waals surface area contributed by atoms with Gasteiger partial charge in [0.25, 0.3) is 0 Å². The Balaban J connectivity index is 2.10. The van der Waals surface area contributed by atoms with E-state index in [4.69, 9.17) is 0 Å². The highest BCUT2D eigenvalue weighted by molar-refractivity contribution is 9.10. The molecule has 3 aromatic rings. The number of halogens is 2. The van der Waals surface area contributed by atoms with Crippen LogP contribution < -0.4 is 4.90 Å². The highest BCUT2D eigenvalue weighted by atomic mass is 79.9. The number of hydrogen-bond acceptors (Lipinski definition) is 1. The van der Waals surface area contributed by atoms with Crippen molar-refractivity contribution < 1.29 is 4.48 Å². The molecule has 0 fully saturated rings. The van der Waals surface area contributed by atoms with Crippen molar-refractivity contribution in [3.63, 3.8) is 0 Å². The fourth-order valence-electron chi connectivity index (χ4n) is 3.81. The molecule has 3 aromatic carbocycles. The number of anilines is 3. The Kier molecular flexibility index (Phi) is 7.43. The van der Waals surface area contributed by atoms with Gasteiger partial charge in [-0.15, -0.1) is 0 Å². The summed E-state index contributed by atoms with van der Waals surface area (Å²) in [6.07, 6.45) is 0. The van der Waals surface area contributed by atoms with Gasteiger partial charge in [-0.25, -0.2) is 0 Å². The van der Waals surface area contributed by atoms with Crippen LogP contribution in [0, 0.1) is 13.8 Å². The Labute approximate surface area is 198 Å². The molecule has 0 aliphatic rings. The number of rotatable bonds is 7. The molecule has 0 aromatic heterocycles. The van der Waals surface area contributed by atoms with Crippen molar-refractivity contribution >= 4 is 48.9 Å². The van der Waals surface area contributed by atoms with Gasteiger partial charge in [0.2, 0.25) is 0 Å². The second-order valence-corrected chi connectivity index (χ2v) is 10.1. The first-order valence-electron chi connectivity index (χ1n) is 10.5. The van der Waals surface area contributed by atoms with Crippen molar-refractivity contribution in [2.75, 3.05) is 25.0 Å². The van der Waals surface area contributed by atoms with Gasteiger partial charge in [0, 0.05) is 31.6 Å². The van der Waals surface area contributed by atoms with Crippen LogP contribution in [0.25, 0.3) is 0 Å². The molecule has 3 rings (SSSR count). The summed E-state index contributed by atoms with van der Waals surface area (Å²) in [6.45, 7) is 12.4. The summed E-state index contributed by atoms with van der Waals surface area (Å²) in [5.41, 5.74) is 7.67. The third kappa shape index (κ3) is 5.16. The molecule has 0 saturated carbocycles. The zero-order valence-corrected chi connectivity index (χ0v) is 21.7. The molecule has 0 aliphatic carbocycles. The highest BCUT2D eigenvalue weighted by Crippen LogP contribution is 2.37. The van der Waals surface area contributed by atoms with E-state index in [0.717, 1.165) is 44.4 Å². The largest absolute Gasteiger partial charge is 0.323 e. The minimum Gasteiger partial charge on any atom is -0.323 e. The maximum absolute atomic E-state index is 3.56. The summed E-state index contributed by atoms with van der Waals surface area (Å²) in [5.74, 6) is 0. The van der Waals surface area contributed by atoms with Crippen LogP contribution >= 0.6 is 31.9 Å². The lowest BCUT2D eigenvalue weighted by Gasteiger charge is -2.34. The van der Waals surface area contributed by atoms with E-state index in [9.17, 15) is 0 Å². The van der Waals surface area contributed by atoms with Gasteiger partial charge in [0.05, 0.1) is 20.1 Å². The van der Waals surface area contributed by atoms with Crippen molar-refractivity contribution in [3.05, 3.63) is 86.3 Å². The normalized spacial score (nSPS) is 11.6. The van der Waals surface area contributed by atoms with Gasteiger partial charge in [0.1, 0.15) is 6.54 Å². The second-order valence-electron chi connectivity index (χ2n) is 8.26. The summed E-state index contributed by atoms with van der Waals surface area (Å²) >= 11 is 7.13. The Morgan fingerprint density at radius 1 is 0.700 bits per heavy atom. The van der Waals surface area contributed by atoms with Gasteiger partial charge in [-0.3, -0.25) is 0 Å². The third-order valence-corrected chi connectivity index (χ3v) is 7.23. The molecule has 0 heterocycles. The first-order chi connectivity index (χ1) is 14.3. The fraction of sp³-hybridized carbons (Fsp3) is 0.308. The zero-order valence-electron chi connectivity index (χ0n) is 18.5. The van der Waals surface area contributed by atoms with E-state index in [1.807, 2.05) is 0 Å². The maximum atomic E-state index is 3.56. The molecular formula is C26H31Br2N2+. The van der Waals surface area contributed by atoms with Crippen LogP contribution in [-0.4, -0.2) is 24.6 Å². The minimum absolute atomic E-state index is 1.06. The minimum atomic E-state index is 1.06.